The lowest BCUT2D eigenvalue weighted by Crippen LogP contribution is -2.38. The highest BCUT2D eigenvalue weighted by Gasteiger charge is 2.32. The second kappa shape index (κ2) is 14.0. The molecule has 6 N–H and O–H groups in total. The molecule has 13 heteroatoms. The molecule has 49 heavy (non-hydrogen) atoms. The van der Waals surface area contributed by atoms with Gasteiger partial charge in [0.1, 0.15) is 0 Å². The molecule has 0 atom stereocenters. The average Bonchev–Trinajstić information content (AvgIpc) is 3.59. The topological polar surface area (TPSA) is 188 Å². The first kappa shape index (κ1) is 32.3. The molecule has 0 amide bonds. The normalized spacial score (nSPS) is 12.7. The molecule has 0 saturated heterocycles. The van der Waals surface area contributed by atoms with E-state index in [9.17, 15) is 10.2 Å². The van der Waals surface area contributed by atoms with Crippen LogP contribution in [0.25, 0.3) is 45.4 Å². The first-order chi connectivity index (χ1) is 23.7. The zero-order valence-corrected chi connectivity index (χ0v) is 27.5. The molecule has 244 valence electrons. The Hall–Kier alpha value is -6.60. The number of fused-ring (bicyclic) bond motifs is 2. The number of benzene rings is 4. The number of hydrogen-bond acceptors (Lipinski definition) is 8. The predicted octanol–water partition coefficient (Wildman–Crippen LogP) is 9.27. The Kier molecular flexibility index (Phi) is 9.26. The summed E-state index contributed by atoms with van der Waals surface area (Å²) in [4.78, 5) is 5.91. The number of H-pyrrole nitrogens is 2. The van der Waals surface area contributed by atoms with Crippen LogP contribution in [0.3, 0.4) is 0 Å². The van der Waals surface area contributed by atoms with E-state index in [-0.39, 0.29) is 11.8 Å². The molecule has 2 heterocycles. The maximum Gasteiger partial charge on any atom is 0.458 e. The summed E-state index contributed by atoms with van der Waals surface area (Å²) in [6, 6.07) is 32.4. The van der Waals surface area contributed by atoms with Crippen LogP contribution in [0.4, 0.5) is 0 Å². The van der Waals surface area contributed by atoms with Crippen molar-refractivity contribution in [2.45, 2.75) is 13.1 Å². The van der Waals surface area contributed by atoms with E-state index in [4.69, 9.17) is 19.7 Å². The molecule has 0 radical (unpaired) electrons. The van der Waals surface area contributed by atoms with Gasteiger partial charge in [0.25, 0.3) is 0 Å². The lowest BCUT2D eigenvalue weighted by molar-refractivity contribution is 0.375. The third-order valence-electron chi connectivity index (χ3n) is 7.33. The van der Waals surface area contributed by atoms with Crippen molar-refractivity contribution in [1.29, 1.82) is 10.8 Å². The third kappa shape index (κ3) is 7.69. The number of hydrogen-bond donors (Lipinski definition) is 6. The van der Waals surface area contributed by atoms with Crippen molar-refractivity contribution in [2.75, 3.05) is 0 Å². The van der Waals surface area contributed by atoms with Crippen LogP contribution in [0.5, 0.6) is 11.8 Å². The van der Waals surface area contributed by atoms with Crippen molar-refractivity contribution in [1.82, 2.24) is 9.97 Å². The average molecular weight is 669 g/mol. The number of azo groups is 2. The quantitative estimate of drug-likeness (QED) is 0.0408. The molecule has 0 unspecified atom stereocenters. The maximum absolute atomic E-state index is 10.6. The molecule has 0 spiro atoms. The monoisotopic (exact) mass is 668 g/mol. The minimum Gasteiger partial charge on any atom is -0.494 e. The lowest BCUT2D eigenvalue weighted by Gasteiger charge is -2.21. The van der Waals surface area contributed by atoms with Crippen molar-refractivity contribution in [3.63, 3.8) is 0 Å². The van der Waals surface area contributed by atoms with Crippen LogP contribution in [0, 0.1) is 10.8 Å². The van der Waals surface area contributed by atoms with Crippen molar-refractivity contribution in [2.24, 2.45) is 20.5 Å². The van der Waals surface area contributed by atoms with Crippen LogP contribution in [-0.2, 0) is 8.85 Å². The summed E-state index contributed by atoms with van der Waals surface area (Å²) in [6.45, 7) is 3.27. The minimum absolute atomic E-state index is 0.0192. The summed E-state index contributed by atoms with van der Waals surface area (Å²) in [6.07, 6.45) is 3.37. The van der Waals surface area contributed by atoms with E-state index in [1.165, 1.54) is 0 Å². The van der Waals surface area contributed by atoms with Crippen LogP contribution in [0.1, 0.15) is 22.3 Å². The van der Waals surface area contributed by atoms with E-state index in [2.05, 4.69) is 30.4 Å². The molecule has 0 aliphatic carbocycles. The van der Waals surface area contributed by atoms with E-state index in [1.807, 2.05) is 109 Å². The van der Waals surface area contributed by atoms with Crippen molar-refractivity contribution in [3.05, 3.63) is 131 Å². The van der Waals surface area contributed by atoms with E-state index in [0.717, 1.165) is 21.8 Å². The van der Waals surface area contributed by atoms with Gasteiger partial charge in [-0.05, 0) is 24.3 Å². The summed E-state index contributed by atoms with van der Waals surface area (Å²) in [5.41, 5.74) is 4.78. The SMILES string of the molecule is C[Si](C)(OC(=N)N=N/C(=C\c1c(O)[nH]c2ccccc12)c1ccccc1)OC(=N)N=N/C(=C\c1c(O)[nH]c2ccccc12)c1ccccc1. The molecule has 2 aromatic heterocycles. The number of para-hydroxylation sites is 2. The molecule has 0 bridgehead atoms. The van der Waals surface area contributed by atoms with E-state index < -0.39 is 20.6 Å². The number of aromatic hydroxyl groups is 2. The van der Waals surface area contributed by atoms with Crippen LogP contribution < -0.4 is 0 Å². The van der Waals surface area contributed by atoms with Crippen LogP contribution in [0.15, 0.2) is 130 Å². The largest absolute Gasteiger partial charge is 0.494 e. The van der Waals surface area contributed by atoms with Crippen LogP contribution in [0.2, 0.25) is 13.1 Å². The molecule has 6 rings (SSSR count). The Labute approximate surface area is 282 Å². The lowest BCUT2D eigenvalue weighted by atomic mass is 10.1. The number of rotatable bonds is 8. The van der Waals surface area contributed by atoms with Gasteiger partial charge in [-0.2, -0.15) is 0 Å². The van der Waals surface area contributed by atoms with Gasteiger partial charge in [0, 0.05) is 57.2 Å². The summed E-state index contributed by atoms with van der Waals surface area (Å²) >= 11 is 0. The summed E-state index contributed by atoms with van der Waals surface area (Å²) in [5.74, 6) is -0.0383. The van der Waals surface area contributed by atoms with Gasteiger partial charge in [-0.15, -0.1) is 10.2 Å². The molecule has 12 nitrogen and oxygen atoms in total. The second-order valence-electron chi connectivity index (χ2n) is 11.3. The first-order valence-electron chi connectivity index (χ1n) is 15.2. The highest BCUT2D eigenvalue weighted by atomic mass is 28.4. The summed E-state index contributed by atoms with van der Waals surface area (Å²) in [7, 11) is -3.23. The number of amidine groups is 2. The van der Waals surface area contributed by atoms with Gasteiger partial charge < -0.3 is 29.0 Å². The van der Waals surface area contributed by atoms with Gasteiger partial charge in [0.2, 0.25) is 0 Å². The zero-order chi connectivity index (χ0) is 34.4. The predicted molar refractivity (Wildman–Crippen MR) is 193 cm³/mol. The molecule has 6 aromatic rings. The number of nitrogens with zero attached hydrogens (tertiary/aromatic N) is 4. The van der Waals surface area contributed by atoms with Crippen LogP contribution in [-0.4, -0.2) is 40.8 Å². The number of aromatic amines is 2. The van der Waals surface area contributed by atoms with Crippen molar-refractivity contribution >= 4 is 66.0 Å². The smallest absolute Gasteiger partial charge is 0.458 e. The standard InChI is InChI=1S/C36H32N8O4Si/c1-49(2,47-35(37)43-41-31(23-13-5-3-6-14-23)21-27-25-17-9-11-19-29(25)39-33(27)45)48-36(38)44-42-32(24-15-7-4-8-16-24)22-28-26-18-10-12-20-30(26)40-34(28)46/h3-22,37-40,45-46H,1-2H3/b31-21-,32-22-,37-35?,38-36?,43-41?,44-42?. The zero-order valence-electron chi connectivity index (χ0n) is 26.5. The molecular weight excluding hydrogens is 637 g/mol. The van der Waals surface area contributed by atoms with E-state index >= 15 is 0 Å². The van der Waals surface area contributed by atoms with Gasteiger partial charge in [-0.1, -0.05) is 107 Å². The molecular formula is C36H32N8O4Si. The summed E-state index contributed by atoms with van der Waals surface area (Å²) in [5, 5.41) is 56.1. The fraction of sp³-hybridized carbons (Fsp3) is 0.0556. The second-order valence-corrected chi connectivity index (χ2v) is 14.5. The molecule has 0 fully saturated rings. The highest BCUT2D eigenvalue weighted by Crippen LogP contribution is 2.33. The van der Waals surface area contributed by atoms with Gasteiger partial charge in [-0.3, -0.25) is 0 Å². The minimum atomic E-state index is -3.23. The fourth-order valence-corrected chi connectivity index (χ4v) is 6.20. The summed E-state index contributed by atoms with van der Waals surface area (Å²) < 4.78 is 11.5. The Bertz CT molecular complexity index is 2110. The molecule has 0 aliphatic heterocycles. The Morgan fingerprint density at radius 2 is 0.939 bits per heavy atom. The number of aromatic nitrogens is 2. The first-order valence-corrected chi connectivity index (χ1v) is 18.0. The van der Waals surface area contributed by atoms with Crippen LogP contribution >= 0.6 is 0 Å². The molecule has 4 aromatic carbocycles. The van der Waals surface area contributed by atoms with Gasteiger partial charge in [0.15, 0.2) is 11.8 Å². The fourth-order valence-electron chi connectivity index (χ4n) is 5.15. The van der Waals surface area contributed by atoms with Gasteiger partial charge in [0.05, 0.1) is 11.4 Å². The third-order valence-corrected chi connectivity index (χ3v) is 8.70. The maximum atomic E-state index is 10.6. The highest BCUT2D eigenvalue weighted by molar-refractivity contribution is 6.67. The van der Waals surface area contributed by atoms with E-state index in [1.54, 1.807) is 25.2 Å². The van der Waals surface area contributed by atoms with Gasteiger partial charge in [-0.25, -0.2) is 10.8 Å². The Morgan fingerprint density at radius 3 is 1.35 bits per heavy atom. The Balaban J connectivity index is 1.19. The Morgan fingerprint density at radius 1 is 0.571 bits per heavy atom. The molecule has 0 aliphatic rings. The number of nitrogens with one attached hydrogen (secondary N) is 4. The molecule has 0 saturated carbocycles. The van der Waals surface area contributed by atoms with Gasteiger partial charge >= 0.3 is 20.6 Å². The van der Waals surface area contributed by atoms with Crippen molar-refractivity contribution in [3.8, 4) is 11.8 Å². The van der Waals surface area contributed by atoms with Crippen molar-refractivity contribution < 1.29 is 19.1 Å². The van der Waals surface area contributed by atoms with E-state index in [0.29, 0.717) is 33.6 Å².